The second-order valence-corrected chi connectivity index (χ2v) is 9.08. The zero-order valence-electron chi connectivity index (χ0n) is 22.1. The standard InChI is InChI=1S/C26H45NO11/c28-18-21-23(30)24(31)25(32)26(38-21)37-10-5-1-4-9-27-22(29)19-36-17-16-35-15-14-34-13-12-33-11-8-20-6-2-3-7-20/h2-3,6,21,23-26,28,30-32H,1,4-5,7-19H2,(H,27,29)/t21-,23-,24+,25-,26-/m1/s1. The number of aliphatic hydroxyl groups is 4. The molecule has 1 heterocycles. The van der Waals surface area contributed by atoms with Gasteiger partial charge in [-0.15, -0.1) is 0 Å². The summed E-state index contributed by atoms with van der Waals surface area (Å²) in [7, 11) is 0. The van der Waals surface area contributed by atoms with E-state index in [-0.39, 0.29) is 19.1 Å². The Morgan fingerprint density at radius 3 is 2.21 bits per heavy atom. The van der Waals surface area contributed by atoms with Crippen LogP contribution in [0.15, 0.2) is 23.8 Å². The highest BCUT2D eigenvalue weighted by Crippen LogP contribution is 2.22. The molecule has 0 radical (unpaired) electrons. The molecule has 2 rings (SSSR count). The number of amides is 1. The maximum atomic E-state index is 11.8. The minimum atomic E-state index is -1.45. The monoisotopic (exact) mass is 547 g/mol. The zero-order chi connectivity index (χ0) is 27.4. The second-order valence-electron chi connectivity index (χ2n) is 9.08. The maximum absolute atomic E-state index is 11.8. The van der Waals surface area contributed by atoms with Crippen molar-refractivity contribution in [3.8, 4) is 0 Å². The predicted molar refractivity (Wildman–Crippen MR) is 136 cm³/mol. The van der Waals surface area contributed by atoms with E-state index in [0.29, 0.717) is 59.2 Å². The van der Waals surface area contributed by atoms with E-state index in [9.17, 15) is 25.2 Å². The van der Waals surface area contributed by atoms with Crippen molar-refractivity contribution in [3.63, 3.8) is 0 Å². The molecule has 2 aliphatic rings. The molecule has 12 nitrogen and oxygen atoms in total. The first kappa shape index (κ1) is 32.8. The Morgan fingerprint density at radius 2 is 1.55 bits per heavy atom. The number of carbonyl (C=O) groups excluding carboxylic acids is 1. The molecule has 1 saturated heterocycles. The highest BCUT2D eigenvalue weighted by atomic mass is 16.7. The van der Waals surface area contributed by atoms with E-state index < -0.39 is 37.3 Å². The third kappa shape index (κ3) is 13.6. The number of allylic oxidation sites excluding steroid dienone is 3. The molecule has 1 aliphatic carbocycles. The highest BCUT2D eigenvalue weighted by molar-refractivity contribution is 5.77. The fraction of sp³-hybridized carbons (Fsp3) is 0.808. The van der Waals surface area contributed by atoms with Gasteiger partial charge in [0.15, 0.2) is 6.29 Å². The van der Waals surface area contributed by atoms with Crippen LogP contribution in [0, 0.1) is 0 Å². The first-order valence-corrected chi connectivity index (χ1v) is 13.4. The minimum absolute atomic E-state index is 0.0373. The third-order valence-corrected chi connectivity index (χ3v) is 6.04. The number of carbonyl (C=O) groups is 1. The molecule has 0 aromatic heterocycles. The molecule has 5 atom stereocenters. The van der Waals surface area contributed by atoms with Crippen molar-refractivity contribution in [2.24, 2.45) is 0 Å². The topological polar surface area (TPSA) is 165 Å². The van der Waals surface area contributed by atoms with Gasteiger partial charge in [0.1, 0.15) is 31.0 Å². The summed E-state index contributed by atoms with van der Waals surface area (Å²) in [4.78, 5) is 11.8. The molecule has 0 aromatic carbocycles. The minimum Gasteiger partial charge on any atom is -0.394 e. The molecule has 0 saturated carbocycles. The zero-order valence-corrected chi connectivity index (χ0v) is 22.1. The van der Waals surface area contributed by atoms with Gasteiger partial charge in [0, 0.05) is 13.2 Å². The number of aliphatic hydroxyl groups excluding tert-OH is 4. The average molecular weight is 548 g/mol. The van der Waals surface area contributed by atoms with Gasteiger partial charge in [-0.2, -0.15) is 0 Å². The summed E-state index contributed by atoms with van der Waals surface area (Å²) in [5.74, 6) is -0.202. The molecule has 0 bridgehead atoms. The summed E-state index contributed by atoms with van der Waals surface area (Å²) in [6.07, 6.45) is 4.11. The SMILES string of the molecule is O=C(COCCOCCOCCOCCC1=CC=CC1)NCCCCCO[C@@H]1O[C@H](CO)[C@@H](O)[C@H](O)[C@H]1O. The van der Waals surface area contributed by atoms with Gasteiger partial charge in [0.2, 0.25) is 5.91 Å². The Labute approximate surface area is 224 Å². The molecule has 0 unspecified atom stereocenters. The van der Waals surface area contributed by atoms with Crippen LogP contribution in [0.25, 0.3) is 0 Å². The normalized spacial score (nSPS) is 25.1. The number of unbranched alkanes of at least 4 members (excludes halogenated alkanes) is 2. The molecule has 220 valence electrons. The van der Waals surface area contributed by atoms with Crippen molar-refractivity contribution in [2.45, 2.75) is 62.8 Å². The lowest BCUT2D eigenvalue weighted by molar-refractivity contribution is -0.301. The molecular weight excluding hydrogens is 502 g/mol. The third-order valence-electron chi connectivity index (χ3n) is 6.04. The van der Waals surface area contributed by atoms with E-state index in [4.69, 9.17) is 28.4 Å². The van der Waals surface area contributed by atoms with Gasteiger partial charge in [0.05, 0.1) is 52.9 Å². The van der Waals surface area contributed by atoms with Crippen molar-refractivity contribution < 1.29 is 53.6 Å². The maximum Gasteiger partial charge on any atom is 0.245 e. The van der Waals surface area contributed by atoms with E-state index in [1.165, 1.54) is 5.57 Å². The van der Waals surface area contributed by atoms with E-state index in [0.717, 1.165) is 25.7 Å². The van der Waals surface area contributed by atoms with Crippen LogP contribution in [0.3, 0.4) is 0 Å². The summed E-state index contributed by atoms with van der Waals surface area (Å²) in [6.45, 7) is 3.65. The van der Waals surface area contributed by atoms with Crippen molar-refractivity contribution >= 4 is 5.91 Å². The first-order valence-electron chi connectivity index (χ1n) is 13.4. The second kappa shape index (κ2) is 20.5. The quantitative estimate of drug-likeness (QED) is 0.110. The lowest BCUT2D eigenvalue weighted by Gasteiger charge is -2.39. The Balaban J connectivity index is 1.29. The van der Waals surface area contributed by atoms with Gasteiger partial charge in [-0.1, -0.05) is 23.8 Å². The van der Waals surface area contributed by atoms with E-state index in [1.54, 1.807) is 0 Å². The van der Waals surface area contributed by atoms with Crippen LogP contribution >= 0.6 is 0 Å². The van der Waals surface area contributed by atoms with E-state index >= 15 is 0 Å². The lowest BCUT2D eigenvalue weighted by atomic mass is 9.99. The molecule has 5 N–H and O–H groups in total. The van der Waals surface area contributed by atoms with Crippen LogP contribution in [0.2, 0.25) is 0 Å². The molecule has 1 amide bonds. The fourth-order valence-electron chi connectivity index (χ4n) is 3.79. The highest BCUT2D eigenvalue weighted by Gasteiger charge is 2.43. The van der Waals surface area contributed by atoms with Crippen molar-refractivity contribution in [3.05, 3.63) is 23.8 Å². The van der Waals surface area contributed by atoms with Crippen LogP contribution in [-0.4, -0.2) is 130 Å². The van der Waals surface area contributed by atoms with Crippen LogP contribution in [0.1, 0.15) is 32.1 Å². The number of ether oxygens (including phenoxy) is 6. The fourth-order valence-corrected chi connectivity index (χ4v) is 3.79. The summed E-state index contributed by atoms with van der Waals surface area (Å²) in [6, 6.07) is 0. The van der Waals surface area contributed by atoms with Gasteiger partial charge < -0.3 is 54.2 Å². The Kier molecular flexibility index (Phi) is 17.6. The van der Waals surface area contributed by atoms with Crippen molar-refractivity contribution in [1.29, 1.82) is 0 Å². The van der Waals surface area contributed by atoms with Crippen LogP contribution in [0.5, 0.6) is 0 Å². The van der Waals surface area contributed by atoms with Crippen LogP contribution < -0.4 is 5.32 Å². The van der Waals surface area contributed by atoms with Crippen LogP contribution in [0.4, 0.5) is 0 Å². The van der Waals surface area contributed by atoms with Gasteiger partial charge in [-0.25, -0.2) is 0 Å². The predicted octanol–water partition coefficient (Wildman–Crippen LogP) is -0.568. The Morgan fingerprint density at radius 1 is 0.868 bits per heavy atom. The summed E-state index contributed by atoms with van der Waals surface area (Å²) in [5, 5.41) is 41.4. The van der Waals surface area contributed by atoms with Gasteiger partial charge >= 0.3 is 0 Å². The van der Waals surface area contributed by atoms with Crippen molar-refractivity contribution in [1.82, 2.24) is 5.32 Å². The molecule has 0 spiro atoms. The molecule has 12 heteroatoms. The van der Waals surface area contributed by atoms with Gasteiger partial charge in [0.25, 0.3) is 0 Å². The van der Waals surface area contributed by atoms with Gasteiger partial charge in [-0.3, -0.25) is 4.79 Å². The summed E-state index contributed by atoms with van der Waals surface area (Å²) < 4.78 is 32.4. The largest absolute Gasteiger partial charge is 0.394 e. The van der Waals surface area contributed by atoms with Gasteiger partial charge in [-0.05, 0) is 32.1 Å². The van der Waals surface area contributed by atoms with E-state index in [2.05, 4.69) is 23.5 Å². The summed E-state index contributed by atoms with van der Waals surface area (Å²) in [5.41, 5.74) is 1.40. The smallest absolute Gasteiger partial charge is 0.245 e. The Hall–Kier alpha value is -1.45. The number of hydrogen-bond acceptors (Lipinski definition) is 11. The van der Waals surface area contributed by atoms with E-state index in [1.807, 2.05) is 0 Å². The number of hydrogen-bond donors (Lipinski definition) is 5. The summed E-state index contributed by atoms with van der Waals surface area (Å²) >= 11 is 0. The molecule has 1 fully saturated rings. The molecule has 0 aromatic rings. The number of rotatable bonds is 22. The Bertz CT molecular complexity index is 688. The van der Waals surface area contributed by atoms with Crippen molar-refractivity contribution in [2.75, 3.05) is 72.6 Å². The van der Waals surface area contributed by atoms with Crippen LogP contribution in [-0.2, 0) is 33.2 Å². The molecule has 1 aliphatic heterocycles. The molecule has 38 heavy (non-hydrogen) atoms. The molecular formula is C26H45NO11. The number of nitrogens with one attached hydrogen (secondary N) is 1. The average Bonchev–Trinajstić information content (AvgIpc) is 3.44. The first-order chi connectivity index (χ1) is 18.5. The lowest BCUT2D eigenvalue weighted by Crippen LogP contribution is -2.59.